The molecule has 0 saturated carbocycles. The normalized spacial score (nSPS) is 16.0. The number of methoxy groups -OCH3 is 1. The van der Waals surface area contributed by atoms with Crippen molar-refractivity contribution in [3.05, 3.63) is 162 Å². The van der Waals surface area contributed by atoms with Crippen LogP contribution in [0.5, 0.6) is 28.7 Å². The first-order valence-electron chi connectivity index (χ1n) is 24.1. The molecule has 0 spiro atoms. The summed E-state index contributed by atoms with van der Waals surface area (Å²) in [5, 5.41) is 8.79. The van der Waals surface area contributed by atoms with Crippen molar-refractivity contribution in [2.24, 2.45) is 11.8 Å². The third-order valence-corrected chi connectivity index (χ3v) is 15.2. The van der Waals surface area contributed by atoms with Gasteiger partial charge in [0, 0.05) is 77.4 Å². The standard InChI is InChI=1S/C29H28N4O4S.C28H25ClN4O3S/c1-36-28-18-23(13-15-27(28)37-24-8-4-3-5-9-24)32-29-25-17-21(12-14-26(25)30-20-31-29)10-11-22-7-6-16-33(19-22)38(2,34)35;1-37(34,35)33-15-5-6-21(18-33)10-9-20-11-13-26-24(16-20)28(31-19-30-26)32-22-12-14-27(25(29)17-22)36-23-7-3-2-4-8-23/h3-5,8-9,12-15,17-18,20,22H,6-7,16,19H2,1-2H3,(H,30,31,32);2-4,7-8,11-14,16-17,19,21H,5-6,15,18H2,1H3,(H,30,31,32). The first kappa shape index (κ1) is 52.1. The number of aromatic nitrogens is 4. The summed E-state index contributed by atoms with van der Waals surface area (Å²) in [5.74, 6) is 17.4. The number of fused-ring (bicyclic) bond motifs is 2. The average Bonchev–Trinajstić information content (AvgIpc) is 3.41. The van der Waals surface area contributed by atoms with Gasteiger partial charge in [-0.25, -0.2) is 45.4 Å². The largest absolute Gasteiger partial charge is 0.493 e. The van der Waals surface area contributed by atoms with Crippen LogP contribution in [0.25, 0.3) is 21.8 Å². The fraction of sp³-hybridized carbons (Fsp3) is 0.228. The van der Waals surface area contributed by atoms with Crippen LogP contribution in [0.15, 0.2) is 146 Å². The molecule has 2 aliphatic rings. The van der Waals surface area contributed by atoms with Crippen LogP contribution in [0.4, 0.5) is 23.0 Å². The number of rotatable bonds is 11. The lowest BCUT2D eigenvalue weighted by molar-refractivity contribution is 0.308. The fourth-order valence-electron chi connectivity index (χ4n) is 8.56. The molecule has 10 rings (SSSR count). The van der Waals surface area contributed by atoms with Crippen molar-refractivity contribution < 1.29 is 31.0 Å². The van der Waals surface area contributed by atoms with Crippen molar-refractivity contribution in [3.63, 3.8) is 0 Å². The molecule has 15 nitrogen and oxygen atoms in total. The quantitative estimate of drug-likeness (QED) is 0.117. The third kappa shape index (κ3) is 13.9. The van der Waals surface area contributed by atoms with Gasteiger partial charge in [0.25, 0.3) is 0 Å². The highest BCUT2D eigenvalue weighted by Gasteiger charge is 2.26. The van der Waals surface area contributed by atoms with Gasteiger partial charge >= 0.3 is 0 Å². The summed E-state index contributed by atoms with van der Waals surface area (Å²) < 4.78 is 68.1. The number of piperidine rings is 2. The van der Waals surface area contributed by atoms with E-state index in [0.29, 0.717) is 65.8 Å². The van der Waals surface area contributed by atoms with Crippen molar-refractivity contribution in [1.82, 2.24) is 28.5 Å². The summed E-state index contributed by atoms with van der Waals surface area (Å²) in [7, 11) is -4.81. The van der Waals surface area contributed by atoms with E-state index in [1.165, 1.54) is 33.8 Å². The summed E-state index contributed by atoms with van der Waals surface area (Å²) in [6.45, 7) is 1.98. The minimum Gasteiger partial charge on any atom is -0.493 e. The molecular weight excluding hydrogens is 1010 g/mol. The third-order valence-electron chi connectivity index (χ3n) is 12.4. The van der Waals surface area contributed by atoms with Crippen LogP contribution in [-0.2, 0) is 20.0 Å². The van der Waals surface area contributed by atoms with Crippen LogP contribution in [0.3, 0.4) is 0 Å². The van der Waals surface area contributed by atoms with E-state index >= 15 is 0 Å². The van der Waals surface area contributed by atoms with Crippen molar-refractivity contribution in [2.75, 3.05) is 56.4 Å². The van der Waals surface area contributed by atoms with Gasteiger partial charge in [-0.3, -0.25) is 0 Å². The zero-order chi connectivity index (χ0) is 52.4. The van der Waals surface area contributed by atoms with Crippen LogP contribution < -0.4 is 24.8 Å². The first-order chi connectivity index (χ1) is 36.2. The second kappa shape index (κ2) is 23.6. The van der Waals surface area contributed by atoms with Gasteiger partial charge in [0.05, 0.1) is 35.7 Å². The average molecular weight is 1060 g/mol. The predicted octanol–water partition coefficient (Wildman–Crippen LogP) is 11.0. The van der Waals surface area contributed by atoms with Crippen molar-refractivity contribution in [1.29, 1.82) is 0 Å². The zero-order valence-corrected chi connectivity index (χ0v) is 43.8. The Kier molecular flexibility index (Phi) is 16.4. The zero-order valence-electron chi connectivity index (χ0n) is 41.4. The van der Waals surface area contributed by atoms with Crippen molar-refractivity contribution in [2.45, 2.75) is 25.7 Å². The molecular formula is C57H53ClN8O7S2. The summed E-state index contributed by atoms with van der Waals surface area (Å²) in [6.07, 6.45) is 8.90. The molecule has 382 valence electrons. The number of ether oxygens (including phenoxy) is 3. The maximum atomic E-state index is 11.9. The minimum absolute atomic E-state index is 0.00236. The van der Waals surface area contributed by atoms with Gasteiger partial charge in [-0.1, -0.05) is 71.7 Å². The number of halogens is 1. The van der Waals surface area contributed by atoms with E-state index < -0.39 is 20.0 Å². The number of benzene rings is 6. The second-order valence-electron chi connectivity index (χ2n) is 18.0. The number of nitrogens with zero attached hydrogens (tertiary/aromatic N) is 6. The number of para-hydroxylation sites is 2. The molecule has 2 atom stereocenters. The van der Waals surface area contributed by atoms with Gasteiger partial charge in [-0.05, 0) is 117 Å². The molecule has 0 amide bonds. The van der Waals surface area contributed by atoms with Gasteiger partial charge < -0.3 is 24.8 Å². The molecule has 2 aliphatic heterocycles. The smallest absolute Gasteiger partial charge is 0.211 e. The van der Waals surface area contributed by atoms with Gasteiger partial charge in [0.15, 0.2) is 11.5 Å². The Bertz CT molecular complexity index is 3700. The molecule has 6 aromatic carbocycles. The molecule has 0 bridgehead atoms. The number of hydrogen-bond donors (Lipinski definition) is 2. The van der Waals surface area contributed by atoms with E-state index in [-0.39, 0.29) is 11.8 Å². The Balaban J connectivity index is 0.000000184. The molecule has 2 fully saturated rings. The molecule has 2 aromatic heterocycles. The highest BCUT2D eigenvalue weighted by Crippen LogP contribution is 2.36. The Morgan fingerprint density at radius 1 is 0.560 bits per heavy atom. The predicted molar refractivity (Wildman–Crippen MR) is 295 cm³/mol. The summed E-state index contributed by atoms with van der Waals surface area (Å²) >= 11 is 6.49. The molecule has 75 heavy (non-hydrogen) atoms. The lowest BCUT2D eigenvalue weighted by atomic mass is 10.00. The van der Waals surface area contributed by atoms with Gasteiger partial charge in [0.2, 0.25) is 20.0 Å². The number of nitrogens with one attached hydrogen (secondary N) is 2. The SMILES string of the molecule is COc1cc(Nc2ncnc3ccc(C#CC4CCCN(S(C)(=O)=O)C4)cc23)ccc1Oc1ccccc1.CS(=O)(=O)N1CCCC(C#Cc2ccc3ncnc(Nc4ccc(Oc5ccccc5)c(Cl)c4)c3c2)C1. The highest BCUT2D eigenvalue weighted by molar-refractivity contribution is 7.88. The van der Waals surface area contributed by atoms with Crippen LogP contribution in [0.2, 0.25) is 5.02 Å². The molecule has 8 aromatic rings. The maximum Gasteiger partial charge on any atom is 0.211 e. The lowest BCUT2D eigenvalue weighted by Crippen LogP contribution is -2.38. The molecule has 2 unspecified atom stereocenters. The van der Waals surface area contributed by atoms with Gasteiger partial charge in [-0.2, -0.15) is 0 Å². The molecule has 0 aliphatic carbocycles. The van der Waals surface area contributed by atoms with E-state index in [9.17, 15) is 16.8 Å². The van der Waals surface area contributed by atoms with Crippen LogP contribution >= 0.6 is 11.6 Å². The Morgan fingerprint density at radius 3 is 1.49 bits per heavy atom. The van der Waals surface area contributed by atoms with E-state index in [1.807, 2.05) is 127 Å². The monoisotopic (exact) mass is 1060 g/mol. The Labute approximate surface area is 442 Å². The van der Waals surface area contributed by atoms with E-state index in [4.69, 9.17) is 25.8 Å². The second-order valence-corrected chi connectivity index (χ2v) is 22.3. The maximum absolute atomic E-state index is 11.9. The molecule has 0 radical (unpaired) electrons. The van der Waals surface area contributed by atoms with E-state index in [2.05, 4.69) is 54.3 Å². The number of sulfonamides is 2. The lowest BCUT2D eigenvalue weighted by Gasteiger charge is -2.28. The Morgan fingerprint density at radius 2 is 1.03 bits per heavy atom. The highest BCUT2D eigenvalue weighted by atomic mass is 35.5. The van der Waals surface area contributed by atoms with Crippen LogP contribution in [0.1, 0.15) is 36.8 Å². The molecule has 4 heterocycles. The van der Waals surface area contributed by atoms with E-state index in [1.54, 1.807) is 13.2 Å². The van der Waals surface area contributed by atoms with Gasteiger partial charge in [-0.15, -0.1) is 0 Å². The molecule has 2 N–H and O–H groups in total. The Hall–Kier alpha value is -7.77. The number of hydrogen-bond acceptors (Lipinski definition) is 13. The summed E-state index contributed by atoms with van der Waals surface area (Å²) in [6, 6.07) is 41.6. The fourth-order valence-corrected chi connectivity index (χ4v) is 10.6. The van der Waals surface area contributed by atoms with Crippen molar-refractivity contribution >= 4 is 76.5 Å². The van der Waals surface area contributed by atoms with Crippen LogP contribution in [0, 0.1) is 35.5 Å². The van der Waals surface area contributed by atoms with Crippen molar-refractivity contribution in [3.8, 4) is 52.4 Å². The van der Waals surface area contributed by atoms with Gasteiger partial charge in [0.1, 0.15) is 41.5 Å². The molecule has 18 heteroatoms. The topological polar surface area (TPSA) is 178 Å². The minimum atomic E-state index is -3.21. The first-order valence-corrected chi connectivity index (χ1v) is 28.2. The van der Waals surface area contributed by atoms with E-state index in [0.717, 1.165) is 75.7 Å². The summed E-state index contributed by atoms with van der Waals surface area (Å²) in [4.78, 5) is 17.7. The van der Waals surface area contributed by atoms with Crippen LogP contribution in [-0.4, -0.2) is 91.2 Å². The summed E-state index contributed by atoms with van der Waals surface area (Å²) in [5.41, 5.74) is 4.72. The molecule has 2 saturated heterocycles. The number of anilines is 4.